The fourth-order valence-electron chi connectivity index (χ4n) is 3.72. The summed E-state index contributed by atoms with van der Waals surface area (Å²) in [7, 11) is 0. The molecule has 2 heterocycles. The number of carbonyl (C=O) groups is 1. The quantitative estimate of drug-likeness (QED) is 0.853. The largest absolute Gasteiger partial charge is 0.339 e. The molecule has 0 spiro atoms. The van der Waals surface area contributed by atoms with Gasteiger partial charge < -0.3 is 4.90 Å². The highest BCUT2D eigenvalue weighted by atomic mass is 16.2. The molecular formula is C18H26N2O. The zero-order valence-electron chi connectivity index (χ0n) is 13.1. The summed E-state index contributed by atoms with van der Waals surface area (Å²) in [6, 6.07) is 9.10. The minimum atomic E-state index is 0.334. The van der Waals surface area contributed by atoms with Crippen LogP contribution in [0.5, 0.6) is 0 Å². The fourth-order valence-corrected chi connectivity index (χ4v) is 3.72. The zero-order valence-corrected chi connectivity index (χ0v) is 13.1. The summed E-state index contributed by atoms with van der Waals surface area (Å²) in [6.45, 7) is 5.68. The van der Waals surface area contributed by atoms with Gasteiger partial charge in [0.05, 0.1) is 6.54 Å². The van der Waals surface area contributed by atoms with Crippen LogP contribution in [0, 0.1) is 0 Å². The Labute approximate surface area is 127 Å². The number of hydrogen-bond acceptors (Lipinski definition) is 2. The maximum atomic E-state index is 12.6. The Bertz CT molecular complexity index is 500. The number of fused-ring (bicyclic) bond motifs is 1. The van der Waals surface area contributed by atoms with Gasteiger partial charge in [0.2, 0.25) is 5.91 Å². The van der Waals surface area contributed by atoms with Crippen LogP contribution >= 0.6 is 0 Å². The molecule has 0 radical (unpaired) electrons. The van der Waals surface area contributed by atoms with Crippen LogP contribution in [0.25, 0.3) is 0 Å². The number of rotatable bonds is 3. The van der Waals surface area contributed by atoms with Crippen molar-refractivity contribution in [3.8, 4) is 0 Å². The van der Waals surface area contributed by atoms with Gasteiger partial charge in [0.25, 0.3) is 0 Å². The van der Waals surface area contributed by atoms with E-state index in [0.29, 0.717) is 18.5 Å². The first kappa shape index (κ1) is 14.6. The Morgan fingerprint density at radius 2 is 2.00 bits per heavy atom. The molecule has 1 saturated heterocycles. The summed E-state index contributed by atoms with van der Waals surface area (Å²) in [5.41, 5.74) is 2.84. The van der Waals surface area contributed by atoms with Crippen LogP contribution in [0.2, 0.25) is 0 Å². The molecule has 0 saturated carbocycles. The standard InChI is InChI=1S/C18H26N2O/c1-2-17-9-5-6-11-20(17)18(21)14-19-12-10-15-7-3-4-8-16(15)13-19/h3-4,7-8,17H,2,5-6,9-14H2,1H3. The van der Waals surface area contributed by atoms with E-state index >= 15 is 0 Å². The molecule has 1 aromatic carbocycles. The van der Waals surface area contributed by atoms with Crippen molar-refractivity contribution in [2.24, 2.45) is 0 Å². The molecule has 0 aromatic heterocycles. The lowest BCUT2D eigenvalue weighted by Gasteiger charge is -2.37. The predicted octanol–water partition coefficient (Wildman–Crippen LogP) is 2.84. The molecule has 3 nitrogen and oxygen atoms in total. The van der Waals surface area contributed by atoms with Crippen molar-refractivity contribution in [1.82, 2.24) is 9.80 Å². The van der Waals surface area contributed by atoms with E-state index in [9.17, 15) is 4.79 Å². The average molecular weight is 286 g/mol. The van der Waals surface area contributed by atoms with E-state index in [-0.39, 0.29) is 0 Å². The molecule has 0 bridgehead atoms. The minimum Gasteiger partial charge on any atom is -0.339 e. The van der Waals surface area contributed by atoms with Crippen molar-refractivity contribution < 1.29 is 4.79 Å². The molecule has 0 N–H and O–H groups in total. The first-order valence-corrected chi connectivity index (χ1v) is 8.36. The molecule has 2 aliphatic heterocycles. The van der Waals surface area contributed by atoms with Gasteiger partial charge in [-0.3, -0.25) is 9.69 Å². The van der Waals surface area contributed by atoms with Gasteiger partial charge in [-0.15, -0.1) is 0 Å². The highest BCUT2D eigenvalue weighted by Gasteiger charge is 2.27. The molecule has 21 heavy (non-hydrogen) atoms. The molecule has 114 valence electrons. The Morgan fingerprint density at radius 1 is 1.19 bits per heavy atom. The van der Waals surface area contributed by atoms with Crippen molar-refractivity contribution in [3.05, 3.63) is 35.4 Å². The van der Waals surface area contributed by atoms with E-state index < -0.39 is 0 Å². The van der Waals surface area contributed by atoms with Crippen LogP contribution in [0.15, 0.2) is 24.3 Å². The van der Waals surface area contributed by atoms with E-state index in [1.807, 2.05) is 0 Å². The Balaban J connectivity index is 1.60. The van der Waals surface area contributed by atoms with Gasteiger partial charge in [0, 0.05) is 25.7 Å². The smallest absolute Gasteiger partial charge is 0.237 e. The molecule has 0 aliphatic carbocycles. The fraction of sp³-hybridized carbons (Fsp3) is 0.611. The van der Waals surface area contributed by atoms with Crippen LogP contribution in [0.3, 0.4) is 0 Å². The second-order valence-corrected chi connectivity index (χ2v) is 6.37. The summed E-state index contributed by atoms with van der Waals surface area (Å²) in [4.78, 5) is 17.1. The number of likely N-dealkylation sites (tertiary alicyclic amines) is 1. The third kappa shape index (κ3) is 3.29. The SMILES string of the molecule is CCC1CCCCN1C(=O)CN1CCc2ccccc2C1. The van der Waals surface area contributed by atoms with Crippen LogP contribution < -0.4 is 0 Å². The first-order chi connectivity index (χ1) is 10.3. The summed E-state index contributed by atoms with van der Waals surface area (Å²) >= 11 is 0. The van der Waals surface area contributed by atoms with E-state index in [0.717, 1.165) is 32.5 Å². The third-order valence-corrected chi connectivity index (χ3v) is 4.99. The van der Waals surface area contributed by atoms with Crippen LogP contribution in [0.4, 0.5) is 0 Å². The van der Waals surface area contributed by atoms with Crippen LogP contribution in [-0.2, 0) is 17.8 Å². The lowest BCUT2D eigenvalue weighted by molar-refractivity contribution is -0.136. The summed E-state index contributed by atoms with van der Waals surface area (Å²) in [5.74, 6) is 0.334. The topological polar surface area (TPSA) is 23.6 Å². The predicted molar refractivity (Wildman–Crippen MR) is 85.1 cm³/mol. The van der Waals surface area contributed by atoms with E-state index in [1.165, 1.54) is 30.4 Å². The van der Waals surface area contributed by atoms with E-state index in [2.05, 4.69) is 41.0 Å². The van der Waals surface area contributed by atoms with Gasteiger partial charge in [-0.05, 0) is 43.2 Å². The normalized spacial score (nSPS) is 22.9. The first-order valence-electron chi connectivity index (χ1n) is 8.36. The molecule has 1 amide bonds. The van der Waals surface area contributed by atoms with Crippen molar-refractivity contribution in [2.45, 2.75) is 51.6 Å². The van der Waals surface area contributed by atoms with Gasteiger partial charge in [0.1, 0.15) is 0 Å². The molecule has 3 rings (SSSR count). The van der Waals surface area contributed by atoms with Crippen molar-refractivity contribution in [2.75, 3.05) is 19.6 Å². The number of piperidine rings is 1. The highest BCUT2D eigenvalue weighted by molar-refractivity contribution is 5.78. The Hall–Kier alpha value is -1.35. The number of carbonyl (C=O) groups excluding carboxylic acids is 1. The van der Waals surface area contributed by atoms with E-state index in [4.69, 9.17) is 0 Å². The molecule has 3 heteroatoms. The average Bonchev–Trinajstić information content (AvgIpc) is 2.54. The van der Waals surface area contributed by atoms with E-state index in [1.54, 1.807) is 0 Å². The van der Waals surface area contributed by atoms with Crippen molar-refractivity contribution in [3.63, 3.8) is 0 Å². The Morgan fingerprint density at radius 3 is 2.81 bits per heavy atom. The lowest BCUT2D eigenvalue weighted by Crippen LogP contribution is -2.48. The summed E-state index contributed by atoms with van der Waals surface area (Å²) < 4.78 is 0. The van der Waals surface area contributed by atoms with Gasteiger partial charge in [-0.2, -0.15) is 0 Å². The van der Waals surface area contributed by atoms with Gasteiger partial charge in [0.15, 0.2) is 0 Å². The lowest BCUT2D eigenvalue weighted by atomic mass is 9.98. The van der Waals surface area contributed by atoms with Crippen molar-refractivity contribution in [1.29, 1.82) is 0 Å². The second-order valence-electron chi connectivity index (χ2n) is 6.37. The number of hydrogen-bond donors (Lipinski definition) is 0. The summed E-state index contributed by atoms with van der Waals surface area (Å²) in [5, 5.41) is 0. The number of benzene rings is 1. The Kier molecular flexibility index (Phi) is 4.59. The maximum absolute atomic E-state index is 12.6. The zero-order chi connectivity index (χ0) is 14.7. The van der Waals surface area contributed by atoms with Gasteiger partial charge in [-0.25, -0.2) is 0 Å². The molecule has 1 fully saturated rings. The summed E-state index contributed by atoms with van der Waals surface area (Å²) in [6.07, 6.45) is 5.80. The molecule has 1 atom stereocenters. The minimum absolute atomic E-state index is 0.334. The third-order valence-electron chi connectivity index (χ3n) is 4.99. The van der Waals surface area contributed by atoms with Crippen LogP contribution in [0.1, 0.15) is 43.7 Å². The van der Waals surface area contributed by atoms with Gasteiger partial charge >= 0.3 is 0 Å². The molecular weight excluding hydrogens is 260 g/mol. The molecule has 1 aromatic rings. The van der Waals surface area contributed by atoms with Gasteiger partial charge in [-0.1, -0.05) is 31.2 Å². The second kappa shape index (κ2) is 6.61. The van der Waals surface area contributed by atoms with Crippen molar-refractivity contribution >= 4 is 5.91 Å². The number of nitrogens with zero attached hydrogens (tertiary/aromatic N) is 2. The highest BCUT2D eigenvalue weighted by Crippen LogP contribution is 2.22. The maximum Gasteiger partial charge on any atom is 0.237 e. The number of amides is 1. The molecule has 2 aliphatic rings. The van der Waals surface area contributed by atoms with Crippen LogP contribution in [-0.4, -0.2) is 41.4 Å². The molecule has 1 unspecified atom stereocenters. The monoisotopic (exact) mass is 286 g/mol.